The van der Waals surface area contributed by atoms with Gasteiger partial charge in [-0.3, -0.25) is 4.31 Å². The second kappa shape index (κ2) is 17.9. The molecule has 0 saturated carbocycles. The van der Waals surface area contributed by atoms with Gasteiger partial charge in [-0.1, -0.05) is 158 Å². The van der Waals surface area contributed by atoms with Gasteiger partial charge >= 0.3 is 0 Å². The highest BCUT2D eigenvalue weighted by molar-refractivity contribution is 8.00. The molecule has 426 valence electrons. The molecule has 9 heterocycles. The highest BCUT2D eigenvalue weighted by Crippen LogP contribution is 2.49. The van der Waals surface area contributed by atoms with Crippen LogP contribution in [0.25, 0.3) is 99.2 Å². The van der Waals surface area contributed by atoms with Crippen molar-refractivity contribution in [3.63, 3.8) is 0 Å². The smallest absolute Gasteiger partial charge is 0.260 e. The van der Waals surface area contributed by atoms with Crippen molar-refractivity contribution in [1.29, 1.82) is 0 Å². The average Bonchev–Trinajstić information content (AvgIpc) is 0.922. The van der Waals surface area contributed by atoms with Gasteiger partial charge in [0.1, 0.15) is 91.0 Å². The zero-order valence-corrected chi connectivity index (χ0v) is 49.7. The van der Waals surface area contributed by atoms with Crippen molar-refractivity contribution in [2.45, 2.75) is 0 Å². The molecular weight excluding hydrogens is 1160 g/mol. The van der Waals surface area contributed by atoms with Crippen LogP contribution in [0.1, 0.15) is 0 Å². The summed E-state index contributed by atoms with van der Waals surface area (Å²) in [5.41, 5.74) is 22.2. The van der Waals surface area contributed by atoms with E-state index in [1.807, 2.05) is 42.5 Å². The fourth-order valence-corrected chi connectivity index (χ4v) is 16.9. The maximum atomic E-state index is 7.50. The molecule has 13 aromatic carbocycles. The number of hydrogen-bond donors (Lipinski definition) is 0. The molecule has 3 aromatic heterocycles. The van der Waals surface area contributed by atoms with Crippen molar-refractivity contribution in [3.05, 3.63) is 237 Å². The third-order valence-electron chi connectivity index (χ3n) is 20.1. The first kappa shape index (κ1) is 49.5. The third kappa shape index (κ3) is 6.61. The normalized spacial score (nSPS) is 13.9. The minimum Gasteiger partial charge on any atom is -0.458 e. The van der Waals surface area contributed by atoms with Crippen LogP contribution in [-0.2, 0) is 0 Å². The predicted molar refractivity (Wildman–Crippen MR) is 373 cm³/mol. The molecular formula is C79H42B3NO8S. The summed E-state index contributed by atoms with van der Waals surface area (Å²) in [4.78, 5) is 0. The molecule has 0 bridgehead atoms. The Morgan fingerprint density at radius 1 is 0.272 bits per heavy atom. The molecule has 0 N–H and O–H groups in total. The van der Waals surface area contributed by atoms with E-state index in [4.69, 9.17) is 36.9 Å². The van der Waals surface area contributed by atoms with Gasteiger partial charge in [0.25, 0.3) is 20.1 Å². The Morgan fingerprint density at radius 3 is 1.09 bits per heavy atom. The molecule has 6 aliphatic heterocycles. The molecule has 0 aliphatic carbocycles. The van der Waals surface area contributed by atoms with Gasteiger partial charge in [0.05, 0.1) is 11.4 Å². The molecule has 0 atom stereocenters. The lowest BCUT2D eigenvalue weighted by Gasteiger charge is -2.41. The Balaban J connectivity index is 0.761. The quantitative estimate of drug-likeness (QED) is 0.125. The summed E-state index contributed by atoms with van der Waals surface area (Å²) in [5, 5.41) is 6.39. The van der Waals surface area contributed by atoms with Crippen LogP contribution in [0, 0.1) is 0 Å². The van der Waals surface area contributed by atoms with Crippen molar-refractivity contribution < 1.29 is 36.9 Å². The van der Waals surface area contributed by atoms with Crippen molar-refractivity contribution in [1.82, 2.24) is 0 Å². The number of benzene rings is 13. The summed E-state index contributed by atoms with van der Waals surface area (Å²) in [6.07, 6.45) is 2.15. The van der Waals surface area contributed by atoms with E-state index in [1.165, 1.54) is 0 Å². The molecule has 0 fully saturated rings. The molecule has 16 aromatic rings. The van der Waals surface area contributed by atoms with Crippen LogP contribution in [0.15, 0.2) is 250 Å². The van der Waals surface area contributed by atoms with Crippen molar-refractivity contribution in [2.24, 2.45) is 0 Å². The highest BCUT2D eigenvalue weighted by Gasteiger charge is 2.49. The van der Waals surface area contributed by atoms with E-state index < -0.39 is 0 Å². The molecule has 0 radical (unpaired) electrons. The molecule has 22 rings (SSSR count). The molecule has 13 heteroatoms. The zero-order valence-electron chi connectivity index (χ0n) is 48.9. The third-order valence-corrected chi connectivity index (χ3v) is 20.8. The number of ether oxygens (including phenoxy) is 5. The summed E-state index contributed by atoms with van der Waals surface area (Å²) in [7, 11) is 0. The highest BCUT2D eigenvalue weighted by atomic mass is 32.2. The monoisotopic (exact) mass is 1200 g/mol. The first-order valence-electron chi connectivity index (χ1n) is 31.0. The Hall–Kier alpha value is -11.4. The number of hydrogen-bond acceptors (Lipinski definition) is 10. The molecule has 6 aliphatic rings. The van der Waals surface area contributed by atoms with E-state index in [-0.39, 0.29) is 20.1 Å². The van der Waals surface area contributed by atoms with Crippen LogP contribution in [0.2, 0.25) is 0 Å². The van der Waals surface area contributed by atoms with Crippen LogP contribution in [0.3, 0.4) is 0 Å². The van der Waals surface area contributed by atoms with Crippen LogP contribution < -0.4 is 77.2 Å². The number of fused-ring (bicyclic) bond motifs is 21. The summed E-state index contributed by atoms with van der Waals surface area (Å²) >= 11 is 1.67. The van der Waals surface area contributed by atoms with Crippen LogP contribution >= 0.6 is 11.9 Å². The summed E-state index contributed by atoms with van der Waals surface area (Å²) < 4.78 is 58.6. The number of nitrogens with zero attached hydrogens (tertiary/aromatic N) is 1. The van der Waals surface area contributed by atoms with Gasteiger partial charge in [-0.15, -0.1) is 0 Å². The number of rotatable bonds is 4. The molecule has 9 nitrogen and oxygen atoms in total. The summed E-state index contributed by atoms with van der Waals surface area (Å²) in [6.45, 7) is -0.763. The van der Waals surface area contributed by atoms with E-state index in [0.717, 1.165) is 211 Å². The number of anilines is 2. The Labute approximate surface area is 530 Å². The van der Waals surface area contributed by atoms with Gasteiger partial charge in [-0.05, 0) is 134 Å². The molecule has 92 heavy (non-hydrogen) atoms. The number of furan rings is 3. The Kier molecular flexibility index (Phi) is 9.65. The second-order valence-electron chi connectivity index (χ2n) is 24.8. The molecule has 0 unspecified atom stereocenters. The fourth-order valence-electron chi connectivity index (χ4n) is 16.2. The largest absolute Gasteiger partial charge is 0.458 e. The topological polar surface area (TPSA) is 88.8 Å². The van der Waals surface area contributed by atoms with Gasteiger partial charge < -0.3 is 36.9 Å². The minimum absolute atomic E-state index is 0.223. The zero-order chi connectivity index (χ0) is 59.8. The van der Waals surface area contributed by atoms with E-state index in [0.29, 0.717) is 5.75 Å². The predicted octanol–water partition coefficient (Wildman–Crippen LogP) is 15.2. The first-order chi connectivity index (χ1) is 45.5. The summed E-state index contributed by atoms with van der Waals surface area (Å²) in [5.74, 6) is 7.54. The fraction of sp³-hybridized carbons (Fsp3) is 0.0127. The van der Waals surface area contributed by atoms with Gasteiger partial charge in [0.2, 0.25) is 0 Å². The lowest BCUT2D eigenvalue weighted by atomic mass is 9.30. The lowest BCUT2D eigenvalue weighted by Crippen LogP contribution is -2.64. The van der Waals surface area contributed by atoms with E-state index >= 15 is 0 Å². The maximum absolute atomic E-state index is 7.50. The van der Waals surface area contributed by atoms with Gasteiger partial charge in [-0.2, -0.15) is 0 Å². The molecule has 0 saturated heterocycles. The Morgan fingerprint density at radius 2 is 0.630 bits per heavy atom. The standard InChI is InChI=1S/C79H42B3NO8S/c1-92-83-59-39-66-56(80-53-24-5-10-29-64(53)84-70-33-42(35-72(86-66)75(70)80)45-19-13-22-51-48-16-3-8-27-62(48)90-78(45)51)37-55(59)82-58-38-57-67(40-68(58)87-69-32-41(31-60(83)74(69)82)44-18-12-21-50-47-15-2-7-26-61(47)89-77(44)50)88-73-36-43(34-71-76(73)81(57)54-25-6-11-30-65(54)85-71)46-20-14-23-52-49-17-4-9-28-63(49)91-79(46)52/h2-40H,1H3. The SMILES string of the molecule is CSN1c2cc3c(cc2B2c4cc5c(cc4Oc4cc(-c6cccc7c6oc6ccccc67)cc1c42)Oc1cc(-c2cccc4c2oc2ccccc24)cc2c1B5c1ccccc1O2)B1c2ccccc2Oc2cc(-c4cccc5c4oc4ccccc45)cc(c21)O3. The minimum atomic E-state index is -0.306. The average molecular weight is 1200 g/mol. The van der Waals surface area contributed by atoms with E-state index in [9.17, 15) is 0 Å². The van der Waals surface area contributed by atoms with Gasteiger partial charge in [0.15, 0.2) is 0 Å². The van der Waals surface area contributed by atoms with E-state index in [1.54, 1.807) is 11.9 Å². The van der Waals surface area contributed by atoms with Gasteiger partial charge in [-0.25, -0.2) is 0 Å². The lowest BCUT2D eigenvalue weighted by molar-refractivity contribution is 0.456. The molecule has 0 amide bonds. The van der Waals surface area contributed by atoms with Crippen molar-refractivity contribution in [3.8, 4) is 90.9 Å². The maximum Gasteiger partial charge on any atom is 0.260 e. The Bertz CT molecular complexity index is 6070. The van der Waals surface area contributed by atoms with Gasteiger partial charge in [0, 0.05) is 78.3 Å². The van der Waals surface area contributed by atoms with E-state index in [2.05, 4.69) is 205 Å². The van der Waals surface area contributed by atoms with Crippen molar-refractivity contribution >= 4 is 158 Å². The van der Waals surface area contributed by atoms with Crippen LogP contribution in [0.4, 0.5) is 11.4 Å². The van der Waals surface area contributed by atoms with Crippen LogP contribution in [0.5, 0.6) is 57.5 Å². The second-order valence-corrected chi connectivity index (χ2v) is 25.5. The molecule has 0 spiro atoms. The van der Waals surface area contributed by atoms with Crippen LogP contribution in [-0.4, -0.2) is 26.4 Å². The number of para-hydroxylation sites is 8. The van der Waals surface area contributed by atoms with Crippen molar-refractivity contribution in [2.75, 3.05) is 10.6 Å². The summed E-state index contributed by atoms with van der Waals surface area (Å²) in [6, 6.07) is 83.1. The first-order valence-corrected chi connectivity index (χ1v) is 32.2.